The van der Waals surface area contributed by atoms with E-state index in [0.717, 1.165) is 30.0 Å². The van der Waals surface area contributed by atoms with Crippen LogP contribution in [0.15, 0.2) is 72.8 Å². The summed E-state index contributed by atoms with van der Waals surface area (Å²) in [5.74, 6) is 0.856. The van der Waals surface area contributed by atoms with E-state index in [2.05, 4.69) is 86.8 Å². The molecule has 3 aromatic carbocycles. The van der Waals surface area contributed by atoms with E-state index < -0.39 is 5.60 Å². The number of anilines is 1. The Morgan fingerprint density at radius 3 is 2.47 bits per heavy atom. The molecule has 2 atom stereocenters. The number of ether oxygens (including phenoxy) is 3. The lowest BCUT2D eigenvalue weighted by Gasteiger charge is -2.43. The molecule has 0 spiro atoms. The van der Waals surface area contributed by atoms with E-state index in [1.165, 1.54) is 16.7 Å². The zero-order valence-electron chi connectivity index (χ0n) is 19.4. The molecule has 32 heavy (non-hydrogen) atoms. The number of fused-ring (bicyclic) bond motifs is 1. The minimum atomic E-state index is -0.491. The zero-order chi connectivity index (χ0) is 22.6. The van der Waals surface area contributed by atoms with Gasteiger partial charge in [0.15, 0.2) is 0 Å². The van der Waals surface area contributed by atoms with Gasteiger partial charge in [0.25, 0.3) is 0 Å². The van der Waals surface area contributed by atoms with Crippen molar-refractivity contribution in [1.82, 2.24) is 0 Å². The Hall–Kier alpha value is -2.82. The first kappa shape index (κ1) is 22.4. The molecule has 0 aromatic heterocycles. The lowest BCUT2D eigenvalue weighted by molar-refractivity contribution is -0.149. The molecule has 0 fully saturated rings. The maximum Gasteiger partial charge on any atom is 0.132 e. The summed E-state index contributed by atoms with van der Waals surface area (Å²) in [4.78, 5) is 0. The van der Waals surface area contributed by atoms with E-state index in [1.807, 2.05) is 12.1 Å². The van der Waals surface area contributed by atoms with Crippen LogP contribution in [0, 0.1) is 6.92 Å². The van der Waals surface area contributed by atoms with Crippen molar-refractivity contribution in [2.75, 3.05) is 19.0 Å². The Labute approximate surface area is 191 Å². The Morgan fingerprint density at radius 2 is 1.72 bits per heavy atom. The van der Waals surface area contributed by atoms with Gasteiger partial charge in [0, 0.05) is 24.9 Å². The minimum absolute atomic E-state index is 0.206. The van der Waals surface area contributed by atoms with Crippen LogP contribution in [0.3, 0.4) is 0 Å². The van der Waals surface area contributed by atoms with Gasteiger partial charge in [0.1, 0.15) is 23.6 Å². The van der Waals surface area contributed by atoms with Crippen molar-refractivity contribution in [1.29, 1.82) is 0 Å². The molecule has 4 heteroatoms. The molecule has 1 heterocycles. The predicted octanol–water partition coefficient (Wildman–Crippen LogP) is 6.09. The Morgan fingerprint density at radius 1 is 0.969 bits per heavy atom. The van der Waals surface area contributed by atoms with Gasteiger partial charge in [-0.05, 0) is 62.1 Å². The summed E-state index contributed by atoms with van der Waals surface area (Å²) in [5, 5.41) is 3.56. The third-order valence-corrected chi connectivity index (χ3v) is 6.18. The molecule has 0 radical (unpaired) electrons. The summed E-state index contributed by atoms with van der Waals surface area (Å²) in [5.41, 5.74) is 5.41. The molecule has 4 nitrogen and oxygen atoms in total. The zero-order valence-corrected chi connectivity index (χ0v) is 19.4. The first-order valence-corrected chi connectivity index (χ1v) is 11.3. The van der Waals surface area contributed by atoms with E-state index in [4.69, 9.17) is 14.2 Å². The Balaban J connectivity index is 1.54. The SMILES string of the molecule is COC1C(OCCc2ccccc2)c2cc(NCc3ccccc3C)ccc2OC1(C)C. The summed E-state index contributed by atoms with van der Waals surface area (Å²) >= 11 is 0. The lowest BCUT2D eigenvalue weighted by Crippen LogP contribution is -2.50. The van der Waals surface area contributed by atoms with Crippen LogP contribution in [0.5, 0.6) is 5.75 Å². The quantitative estimate of drug-likeness (QED) is 0.468. The average molecular weight is 432 g/mol. The number of benzene rings is 3. The summed E-state index contributed by atoms with van der Waals surface area (Å²) in [6.07, 6.45) is 0.440. The third-order valence-electron chi connectivity index (χ3n) is 6.18. The number of rotatable bonds is 8. The second kappa shape index (κ2) is 9.76. The number of hydrogen-bond donors (Lipinski definition) is 1. The smallest absolute Gasteiger partial charge is 0.132 e. The maximum absolute atomic E-state index is 6.46. The Bertz CT molecular complexity index is 1030. The molecule has 1 N–H and O–H groups in total. The number of nitrogens with one attached hydrogen (secondary N) is 1. The minimum Gasteiger partial charge on any atom is -0.485 e. The van der Waals surface area contributed by atoms with Crippen molar-refractivity contribution >= 4 is 5.69 Å². The molecule has 3 aromatic rings. The molecule has 2 unspecified atom stereocenters. The predicted molar refractivity (Wildman–Crippen MR) is 129 cm³/mol. The molecular formula is C28H33NO3. The van der Waals surface area contributed by atoms with Gasteiger partial charge in [-0.1, -0.05) is 54.6 Å². The maximum atomic E-state index is 6.46. The highest BCUT2D eigenvalue weighted by Gasteiger charge is 2.45. The molecule has 168 valence electrons. The van der Waals surface area contributed by atoms with Crippen molar-refractivity contribution in [3.63, 3.8) is 0 Å². The normalized spacial score (nSPS) is 19.1. The fourth-order valence-corrected chi connectivity index (χ4v) is 4.38. The van der Waals surface area contributed by atoms with Crippen molar-refractivity contribution in [3.8, 4) is 5.75 Å². The number of hydrogen-bond acceptors (Lipinski definition) is 4. The van der Waals surface area contributed by atoms with Crippen LogP contribution in [0.1, 0.15) is 42.2 Å². The van der Waals surface area contributed by atoms with Crippen LogP contribution in [-0.4, -0.2) is 25.4 Å². The van der Waals surface area contributed by atoms with Crippen molar-refractivity contribution in [2.45, 2.75) is 51.5 Å². The second-order valence-corrected chi connectivity index (χ2v) is 8.92. The molecule has 0 saturated carbocycles. The summed E-state index contributed by atoms with van der Waals surface area (Å²) < 4.78 is 18.7. The van der Waals surface area contributed by atoms with Crippen LogP contribution in [0.4, 0.5) is 5.69 Å². The fourth-order valence-electron chi connectivity index (χ4n) is 4.38. The van der Waals surface area contributed by atoms with E-state index in [9.17, 15) is 0 Å². The largest absolute Gasteiger partial charge is 0.485 e. The van der Waals surface area contributed by atoms with Crippen molar-refractivity contribution < 1.29 is 14.2 Å². The van der Waals surface area contributed by atoms with Crippen LogP contribution < -0.4 is 10.1 Å². The third kappa shape index (κ3) is 4.98. The van der Waals surface area contributed by atoms with Crippen LogP contribution in [0.2, 0.25) is 0 Å². The van der Waals surface area contributed by atoms with Gasteiger partial charge in [0.05, 0.1) is 6.61 Å². The van der Waals surface area contributed by atoms with Gasteiger partial charge in [0.2, 0.25) is 0 Å². The standard InChI is InChI=1S/C28H33NO3/c1-20-10-8-9-13-22(20)19-29-23-14-15-25-24(18-23)26(27(30-4)28(2,3)32-25)31-17-16-21-11-6-5-7-12-21/h5-15,18,26-27,29H,16-17,19H2,1-4H3. The van der Waals surface area contributed by atoms with Gasteiger partial charge in [-0.15, -0.1) is 0 Å². The molecule has 1 aliphatic rings. The highest BCUT2D eigenvalue weighted by Crippen LogP contribution is 2.44. The first-order valence-electron chi connectivity index (χ1n) is 11.3. The fraction of sp³-hybridized carbons (Fsp3) is 0.357. The topological polar surface area (TPSA) is 39.7 Å². The van der Waals surface area contributed by atoms with E-state index >= 15 is 0 Å². The van der Waals surface area contributed by atoms with Gasteiger partial charge in [-0.25, -0.2) is 0 Å². The van der Waals surface area contributed by atoms with Gasteiger partial charge in [-0.3, -0.25) is 0 Å². The van der Waals surface area contributed by atoms with E-state index in [1.54, 1.807) is 7.11 Å². The number of methoxy groups -OCH3 is 1. The molecule has 0 amide bonds. The summed E-state index contributed by atoms with van der Waals surface area (Å²) in [6.45, 7) is 7.64. The molecule has 0 bridgehead atoms. The summed E-state index contributed by atoms with van der Waals surface area (Å²) in [7, 11) is 1.73. The van der Waals surface area contributed by atoms with Crippen molar-refractivity contribution in [2.24, 2.45) is 0 Å². The molecule has 1 aliphatic heterocycles. The molecular weight excluding hydrogens is 398 g/mol. The highest BCUT2D eigenvalue weighted by molar-refractivity contribution is 5.54. The van der Waals surface area contributed by atoms with Crippen molar-refractivity contribution in [3.05, 3.63) is 95.1 Å². The molecule has 0 saturated heterocycles. The average Bonchev–Trinajstić information content (AvgIpc) is 2.79. The number of aryl methyl sites for hydroxylation is 1. The molecule has 0 aliphatic carbocycles. The van der Waals surface area contributed by atoms with Gasteiger partial charge < -0.3 is 19.5 Å². The second-order valence-electron chi connectivity index (χ2n) is 8.92. The monoisotopic (exact) mass is 431 g/mol. The van der Waals surface area contributed by atoms with Gasteiger partial charge in [-0.2, -0.15) is 0 Å². The summed E-state index contributed by atoms with van der Waals surface area (Å²) in [6, 6.07) is 25.1. The first-order chi connectivity index (χ1) is 15.5. The van der Waals surface area contributed by atoms with Crippen LogP contribution in [0.25, 0.3) is 0 Å². The molecule has 4 rings (SSSR count). The van der Waals surface area contributed by atoms with Crippen LogP contribution >= 0.6 is 0 Å². The Kier molecular flexibility index (Phi) is 6.83. The lowest BCUT2D eigenvalue weighted by atomic mass is 9.88. The van der Waals surface area contributed by atoms with Gasteiger partial charge >= 0.3 is 0 Å². The van der Waals surface area contributed by atoms with E-state index in [0.29, 0.717) is 6.61 Å². The van der Waals surface area contributed by atoms with E-state index in [-0.39, 0.29) is 12.2 Å². The highest BCUT2D eigenvalue weighted by atomic mass is 16.6. The van der Waals surface area contributed by atoms with Crippen LogP contribution in [-0.2, 0) is 22.4 Å².